The summed E-state index contributed by atoms with van der Waals surface area (Å²) in [7, 11) is 3.77. The van der Waals surface area contributed by atoms with Crippen LogP contribution in [-0.4, -0.2) is 44.9 Å². The zero-order valence-corrected chi connectivity index (χ0v) is 15.7. The summed E-state index contributed by atoms with van der Waals surface area (Å²) in [4.78, 5) is 14.3. The number of nitrogens with one attached hydrogen (secondary N) is 2. The van der Waals surface area contributed by atoms with Crippen molar-refractivity contribution in [2.24, 2.45) is 0 Å². The Labute approximate surface area is 150 Å². The van der Waals surface area contributed by atoms with Crippen molar-refractivity contribution in [1.82, 2.24) is 24.9 Å². The van der Waals surface area contributed by atoms with Crippen LogP contribution in [0.5, 0.6) is 0 Å². The van der Waals surface area contributed by atoms with E-state index in [-0.39, 0.29) is 10.2 Å². The molecule has 11 heteroatoms. The van der Waals surface area contributed by atoms with Gasteiger partial charge in [0, 0.05) is 12.6 Å². The van der Waals surface area contributed by atoms with Crippen molar-refractivity contribution in [2.45, 2.75) is 32.6 Å². The van der Waals surface area contributed by atoms with Crippen LogP contribution in [0.2, 0.25) is 0 Å². The van der Waals surface area contributed by atoms with E-state index >= 15 is 0 Å². The third-order valence-electron chi connectivity index (χ3n) is 3.46. The Bertz CT molecular complexity index is 767. The van der Waals surface area contributed by atoms with Crippen molar-refractivity contribution in [3.63, 3.8) is 0 Å². The molecule has 138 valence electrons. The van der Waals surface area contributed by atoms with Gasteiger partial charge in [0.1, 0.15) is 6.04 Å². The van der Waals surface area contributed by atoms with Gasteiger partial charge in [0.25, 0.3) is 0 Å². The Morgan fingerprint density at radius 1 is 1.48 bits per heavy atom. The van der Waals surface area contributed by atoms with E-state index in [1.807, 2.05) is 19.0 Å². The Morgan fingerprint density at radius 2 is 2.12 bits per heavy atom. The van der Waals surface area contributed by atoms with Crippen LogP contribution in [0.25, 0.3) is 0 Å². The molecule has 2 aromatic heterocycles. The van der Waals surface area contributed by atoms with Crippen LogP contribution in [-0.2, 0) is 17.5 Å². The number of alkyl halides is 3. The highest BCUT2D eigenvalue weighted by molar-refractivity contribution is 9.10. The van der Waals surface area contributed by atoms with Crippen LogP contribution < -0.4 is 5.32 Å². The number of halogens is 4. The number of carbonyl (C=O) groups excluding carboxylic acids is 1. The second kappa shape index (κ2) is 7.16. The number of aromatic amines is 1. The number of rotatable bonds is 5. The summed E-state index contributed by atoms with van der Waals surface area (Å²) in [5.74, 6) is -0.219. The molecular formula is C14H18BrF3N6O. The molecule has 0 spiro atoms. The maximum absolute atomic E-state index is 12.9. The molecule has 0 aliphatic carbocycles. The van der Waals surface area contributed by atoms with Gasteiger partial charge >= 0.3 is 6.18 Å². The van der Waals surface area contributed by atoms with Gasteiger partial charge in [0.15, 0.2) is 11.5 Å². The molecule has 2 N–H and O–H groups in total. The zero-order valence-electron chi connectivity index (χ0n) is 14.1. The van der Waals surface area contributed by atoms with E-state index < -0.39 is 23.8 Å². The first-order valence-electron chi connectivity index (χ1n) is 7.32. The van der Waals surface area contributed by atoms with Crippen LogP contribution >= 0.6 is 15.9 Å². The Hall–Kier alpha value is -1.88. The summed E-state index contributed by atoms with van der Waals surface area (Å²) in [6.45, 7) is 3.54. The van der Waals surface area contributed by atoms with Crippen molar-refractivity contribution in [2.75, 3.05) is 19.4 Å². The summed E-state index contributed by atoms with van der Waals surface area (Å²) >= 11 is 2.89. The molecule has 0 saturated heterocycles. The Balaban J connectivity index is 2.16. The monoisotopic (exact) mass is 422 g/mol. The van der Waals surface area contributed by atoms with Crippen molar-refractivity contribution < 1.29 is 18.0 Å². The van der Waals surface area contributed by atoms with E-state index in [1.54, 1.807) is 6.07 Å². The minimum atomic E-state index is -4.60. The maximum atomic E-state index is 12.9. The maximum Gasteiger partial charge on any atom is 0.436 e. The van der Waals surface area contributed by atoms with Gasteiger partial charge in [-0.2, -0.15) is 23.4 Å². The van der Waals surface area contributed by atoms with Crippen molar-refractivity contribution in [1.29, 1.82) is 0 Å². The van der Waals surface area contributed by atoms with Gasteiger partial charge in [-0.1, -0.05) is 0 Å². The molecule has 0 aliphatic rings. The van der Waals surface area contributed by atoms with Gasteiger partial charge in [-0.25, -0.2) is 0 Å². The summed E-state index contributed by atoms with van der Waals surface area (Å²) in [5, 5.41) is 12.9. The first-order chi connectivity index (χ1) is 11.5. The number of aromatic nitrogens is 4. The third-order valence-corrected chi connectivity index (χ3v) is 4.41. The van der Waals surface area contributed by atoms with Gasteiger partial charge in [-0.15, -0.1) is 0 Å². The smallest absolute Gasteiger partial charge is 0.307 e. The van der Waals surface area contributed by atoms with Gasteiger partial charge in [-0.05, 0) is 43.9 Å². The molecule has 1 unspecified atom stereocenters. The van der Waals surface area contributed by atoms with E-state index in [0.29, 0.717) is 12.4 Å². The van der Waals surface area contributed by atoms with Crippen LogP contribution in [0.1, 0.15) is 30.0 Å². The highest BCUT2D eigenvalue weighted by Crippen LogP contribution is 2.36. The summed E-state index contributed by atoms with van der Waals surface area (Å²) in [6.07, 6.45) is -4.60. The topological polar surface area (TPSA) is 78.8 Å². The summed E-state index contributed by atoms with van der Waals surface area (Å²) < 4.78 is 39.7. The number of H-pyrrole nitrogens is 1. The second-order valence-electron chi connectivity index (χ2n) is 5.87. The molecule has 0 aromatic carbocycles. The molecule has 2 rings (SSSR count). The van der Waals surface area contributed by atoms with Crippen molar-refractivity contribution >= 4 is 27.7 Å². The van der Waals surface area contributed by atoms with Crippen LogP contribution in [0.3, 0.4) is 0 Å². The molecule has 25 heavy (non-hydrogen) atoms. The van der Waals surface area contributed by atoms with Crippen molar-refractivity contribution in [3.05, 3.63) is 27.6 Å². The fraction of sp³-hybridized carbons (Fsp3) is 0.500. The predicted octanol–water partition coefficient (Wildman–Crippen LogP) is 2.96. The molecule has 0 radical (unpaired) electrons. The highest BCUT2D eigenvalue weighted by atomic mass is 79.9. The normalized spacial score (nSPS) is 13.3. The highest BCUT2D eigenvalue weighted by Gasteiger charge is 2.39. The van der Waals surface area contributed by atoms with E-state index in [4.69, 9.17) is 0 Å². The van der Waals surface area contributed by atoms with Gasteiger partial charge in [0.2, 0.25) is 5.91 Å². The fourth-order valence-electron chi connectivity index (χ4n) is 2.25. The Morgan fingerprint density at radius 3 is 2.64 bits per heavy atom. The minimum absolute atomic E-state index is 0.173. The minimum Gasteiger partial charge on any atom is -0.307 e. The first kappa shape index (κ1) is 19.4. The number of amides is 1. The average Bonchev–Trinajstić information content (AvgIpc) is 3.03. The third kappa shape index (κ3) is 4.40. The molecule has 2 aromatic rings. The summed E-state index contributed by atoms with van der Waals surface area (Å²) in [5.41, 5.74) is -0.0479. The zero-order chi connectivity index (χ0) is 18.9. The number of anilines is 1. The number of carbonyl (C=O) groups is 1. The van der Waals surface area contributed by atoms with E-state index in [9.17, 15) is 18.0 Å². The Kier molecular flexibility index (Phi) is 5.57. The molecule has 1 amide bonds. The fourth-order valence-corrected chi connectivity index (χ4v) is 2.73. The van der Waals surface area contributed by atoms with E-state index in [1.165, 1.54) is 13.8 Å². The molecule has 7 nitrogen and oxygen atoms in total. The lowest BCUT2D eigenvalue weighted by Crippen LogP contribution is -2.25. The lowest BCUT2D eigenvalue weighted by atomic mass is 10.3. The van der Waals surface area contributed by atoms with Gasteiger partial charge in [0.05, 0.1) is 15.9 Å². The van der Waals surface area contributed by atoms with E-state index in [0.717, 1.165) is 10.4 Å². The number of nitrogens with zero attached hydrogens (tertiary/aromatic N) is 4. The molecule has 0 saturated carbocycles. The van der Waals surface area contributed by atoms with Crippen molar-refractivity contribution in [3.8, 4) is 0 Å². The predicted molar refractivity (Wildman–Crippen MR) is 89.0 cm³/mol. The lowest BCUT2D eigenvalue weighted by Gasteiger charge is -2.13. The molecule has 0 aliphatic heterocycles. The van der Waals surface area contributed by atoms with Crippen LogP contribution in [0.15, 0.2) is 10.5 Å². The number of hydrogen-bond donors (Lipinski definition) is 2. The largest absolute Gasteiger partial charge is 0.436 e. The van der Waals surface area contributed by atoms with Crippen LogP contribution in [0, 0.1) is 6.92 Å². The first-order valence-corrected chi connectivity index (χ1v) is 8.11. The summed E-state index contributed by atoms with van der Waals surface area (Å²) in [6, 6.07) is 0.721. The van der Waals surface area contributed by atoms with Gasteiger partial charge < -0.3 is 10.2 Å². The second-order valence-corrected chi connectivity index (χ2v) is 6.66. The molecule has 0 bridgehead atoms. The molecule has 0 fully saturated rings. The SMILES string of the molecule is Cc1c(Br)c(C(F)(F)F)nn1C(C)C(=O)Nc1cc(CN(C)C)[nH]n1. The standard InChI is InChI=1S/C14H18BrF3N6O/c1-7-11(15)12(14(16,17)18)22-24(7)8(2)13(25)19-10-5-9(20-21-10)6-23(3)4/h5,8H,6H2,1-4H3,(H2,19,20,21,25). The van der Waals surface area contributed by atoms with Gasteiger partial charge in [-0.3, -0.25) is 14.6 Å². The van der Waals surface area contributed by atoms with E-state index in [2.05, 4.69) is 36.5 Å². The molecular weight excluding hydrogens is 405 g/mol. The van der Waals surface area contributed by atoms with Crippen LogP contribution in [0.4, 0.5) is 19.0 Å². The average molecular weight is 423 g/mol. The lowest BCUT2D eigenvalue weighted by molar-refractivity contribution is -0.142. The number of hydrogen-bond acceptors (Lipinski definition) is 4. The molecule has 1 atom stereocenters. The quantitative estimate of drug-likeness (QED) is 0.776. The molecule has 2 heterocycles.